The first-order valence-corrected chi connectivity index (χ1v) is 17.7. The number of hydrogen-bond donors (Lipinski definition) is 3. The van der Waals surface area contributed by atoms with Gasteiger partial charge in [-0.3, -0.25) is 19.1 Å². The second-order valence-electron chi connectivity index (χ2n) is 12.7. The molecule has 1 aliphatic carbocycles. The Morgan fingerprint density at radius 1 is 1.10 bits per heavy atom. The van der Waals surface area contributed by atoms with E-state index in [1.807, 2.05) is 52.0 Å². The van der Waals surface area contributed by atoms with Crippen LogP contribution in [0.15, 0.2) is 64.3 Å². The summed E-state index contributed by atoms with van der Waals surface area (Å²) in [5, 5.41) is 12.0. The largest absolute Gasteiger partial charge is 0.352 e. The molecule has 14 heteroatoms. The van der Waals surface area contributed by atoms with Gasteiger partial charge >= 0.3 is 5.69 Å². The maximum atomic E-state index is 13.0. The smallest absolute Gasteiger partial charge is 0.330 e. The summed E-state index contributed by atoms with van der Waals surface area (Å²) < 4.78 is 22.5. The summed E-state index contributed by atoms with van der Waals surface area (Å²) >= 11 is 0. The van der Waals surface area contributed by atoms with Crippen molar-refractivity contribution in [3.63, 3.8) is 0 Å². The van der Waals surface area contributed by atoms with Gasteiger partial charge in [0.15, 0.2) is 0 Å². The maximum Gasteiger partial charge on any atom is 0.330 e. The lowest BCUT2D eigenvalue weighted by molar-refractivity contribution is -0.124. The molecule has 2 aromatic carbocycles. The minimum absolute atomic E-state index is 0.0474. The average Bonchev–Trinajstić information content (AvgIpc) is 3.62. The van der Waals surface area contributed by atoms with Crippen molar-refractivity contribution in [1.29, 1.82) is 5.26 Å². The third-order valence-electron chi connectivity index (χ3n) is 8.57. The lowest BCUT2D eigenvalue weighted by atomic mass is 9.98. The molecule has 3 N–H and O–H groups in total. The van der Waals surface area contributed by atoms with Gasteiger partial charge in [-0.25, -0.2) is 9.46 Å². The Balaban J connectivity index is 1.23. The van der Waals surface area contributed by atoms with Gasteiger partial charge in [-0.15, -0.1) is 0 Å². The Morgan fingerprint density at radius 2 is 1.76 bits per heavy atom. The number of nitrogens with zero attached hydrogens (tertiary/aromatic N) is 3. The van der Waals surface area contributed by atoms with Crippen LogP contribution in [0.4, 0.5) is 0 Å². The molecule has 1 amide bonds. The number of nitriles is 1. The van der Waals surface area contributed by atoms with Crippen molar-refractivity contribution in [1.82, 2.24) is 25.0 Å². The first kappa shape index (κ1) is 36.5. The van der Waals surface area contributed by atoms with Crippen molar-refractivity contribution in [2.45, 2.75) is 83.9 Å². The zero-order valence-electron chi connectivity index (χ0n) is 28.5. The minimum atomic E-state index is -1.63. The van der Waals surface area contributed by atoms with Gasteiger partial charge in [-0.05, 0) is 56.9 Å². The van der Waals surface area contributed by atoms with Crippen molar-refractivity contribution in [2.24, 2.45) is 0 Å². The predicted molar refractivity (Wildman–Crippen MR) is 185 cm³/mol. The van der Waals surface area contributed by atoms with Crippen LogP contribution in [-0.2, 0) is 23.4 Å². The molecule has 1 saturated heterocycles. The van der Waals surface area contributed by atoms with Crippen molar-refractivity contribution in [3.8, 4) is 17.2 Å². The zero-order valence-corrected chi connectivity index (χ0v) is 29.4. The number of aromatic amines is 1. The van der Waals surface area contributed by atoms with E-state index in [4.69, 9.17) is 23.9 Å². The van der Waals surface area contributed by atoms with Gasteiger partial charge in [0.05, 0.1) is 38.4 Å². The molecule has 0 radical (unpaired) electrons. The lowest BCUT2D eigenvalue weighted by Crippen LogP contribution is -2.42. The quantitative estimate of drug-likeness (QED) is 0.113. The number of hydroxylamine groups is 1. The topological polar surface area (TPSA) is 160 Å². The highest BCUT2D eigenvalue weighted by Gasteiger charge is 2.41. The van der Waals surface area contributed by atoms with E-state index < -0.39 is 38.2 Å². The molecule has 1 aromatic heterocycles. The van der Waals surface area contributed by atoms with Crippen LogP contribution in [0.5, 0.6) is 0 Å². The van der Waals surface area contributed by atoms with E-state index >= 15 is 0 Å². The standard InChI is InChI=1S/C35H45N6O7P/c1-22(2)41(23(3)4)49(46-16-10-15-36)48-30-17-33(40-20-24(5)34(43)39-35(40)44)47-31(30)18-37-32(42)19-38-45-21-29-27-13-8-6-11-25(27)26-12-7-9-14-28(26)29/h6-9,11-14,20,22-23,29-31,33,38H,10,16-19,21H2,1-5H3,(H,37,42)(H,39,43,44)/t30-,31+,33+,49?/m0/s1. The molecule has 2 aliphatic rings. The van der Waals surface area contributed by atoms with Crippen LogP contribution < -0.4 is 22.0 Å². The highest BCUT2D eigenvalue weighted by molar-refractivity contribution is 7.44. The molecule has 0 bridgehead atoms. The SMILES string of the molecule is Cc1cn([C@H]2C[C@H](OP(OCCC#N)N(C(C)C)C(C)C)[C@@H](CNC(=O)CNOCC3c4ccccc4-c4ccccc43)O2)c(=O)[nH]c1=O. The molecule has 1 fully saturated rings. The molecule has 0 saturated carbocycles. The Bertz CT molecular complexity index is 1700. The normalized spacial score (nSPS) is 19.3. The van der Waals surface area contributed by atoms with Gasteiger partial charge in [0.1, 0.15) is 12.3 Å². The second-order valence-corrected chi connectivity index (χ2v) is 14.1. The summed E-state index contributed by atoms with van der Waals surface area (Å²) in [6.07, 6.45) is -0.0439. The fourth-order valence-corrected chi connectivity index (χ4v) is 8.11. The second kappa shape index (κ2) is 16.8. The van der Waals surface area contributed by atoms with Crippen LogP contribution >= 0.6 is 8.53 Å². The Kier molecular flexibility index (Phi) is 12.5. The van der Waals surface area contributed by atoms with E-state index in [2.05, 4.69) is 50.8 Å². The summed E-state index contributed by atoms with van der Waals surface area (Å²) in [6, 6.07) is 18.8. The molecule has 1 aliphatic heterocycles. The van der Waals surface area contributed by atoms with E-state index in [1.165, 1.54) is 33.0 Å². The summed E-state index contributed by atoms with van der Waals surface area (Å²) in [6.45, 7) is 10.3. The van der Waals surface area contributed by atoms with Crippen molar-refractivity contribution < 1.29 is 23.4 Å². The first-order chi connectivity index (χ1) is 23.6. The predicted octanol–water partition coefficient (Wildman–Crippen LogP) is 4.24. The Hall–Kier alpha value is -3.73. The Labute approximate surface area is 287 Å². The van der Waals surface area contributed by atoms with E-state index in [0.717, 1.165) is 0 Å². The molecule has 0 spiro atoms. The number of carbonyl (C=O) groups excluding carboxylic acids is 1. The van der Waals surface area contributed by atoms with Crippen molar-refractivity contribution >= 4 is 14.4 Å². The number of rotatable bonds is 16. The van der Waals surface area contributed by atoms with Crippen LogP contribution in [0.25, 0.3) is 11.1 Å². The third-order valence-corrected chi connectivity index (χ3v) is 10.7. The van der Waals surface area contributed by atoms with Crippen molar-refractivity contribution in [3.05, 3.63) is 92.3 Å². The number of carbonyl (C=O) groups is 1. The fourth-order valence-electron chi connectivity index (χ4n) is 6.35. The first-order valence-electron chi connectivity index (χ1n) is 16.6. The number of aromatic nitrogens is 2. The number of hydrogen-bond acceptors (Lipinski definition) is 10. The Morgan fingerprint density at radius 3 is 2.39 bits per heavy atom. The molecule has 49 heavy (non-hydrogen) atoms. The van der Waals surface area contributed by atoms with E-state index in [1.54, 1.807) is 6.92 Å². The molecular weight excluding hydrogens is 647 g/mol. The van der Waals surface area contributed by atoms with Gasteiger partial charge in [0.25, 0.3) is 14.1 Å². The highest BCUT2D eigenvalue weighted by Crippen LogP contribution is 2.50. The molecule has 3 aromatic rings. The zero-order chi connectivity index (χ0) is 35.1. The number of benzene rings is 2. The molecule has 13 nitrogen and oxygen atoms in total. The van der Waals surface area contributed by atoms with E-state index in [-0.39, 0.29) is 56.4 Å². The van der Waals surface area contributed by atoms with Crippen LogP contribution in [0, 0.1) is 18.3 Å². The van der Waals surface area contributed by atoms with Gasteiger partial charge in [-0.2, -0.15) is 10.7 Å². The molecule has 4 atom stereocenters. The number of amides is 1. The van der Waals surface area contributed by atoms with Crippen LogP contribution in [0.2, 0.25) is 0 Å². The van der Waals surface area contributed by atoms with E-state index in [0.29, 0.717) is 12.2 Å². The van der Waals surface area contributed by atoms with Gasteiger partial charge < -0.3 is 23.9 Å². The van der Waals surface area contributed by atoms with E-state index in [9.17, 15) is 14.4 Å². The molecule has 5 rings (SSSR count). The average molecular weight is 693 g/mol. The fraction of sp³-hybridized carbons (Fsp3) is 0.486. The van der Waals surface area contributed by atoms with Crippen LogP contribution in [0.3, 0.4) is 0 Å². The molecule has 262 valence electrons. The van der Waals surface area contributed by atoms with Crippen molar-refractivity contribution in [2.75, 3.05) is 26.3 Å². The maximum absolute atomic E-state index is 13.0. The number of nitrogens with one attached hydrogen (secondary N) is 3. The highest BCUT2D eigenvalue weighted by atomic mass is 31.2. The third kappa shape index (κ3) is 8.71. The number of ether oxygens (including phenoxy) is 1. The molecule has 2 heterocycles. The monoisotopic (exact) mass is 692 g/mol. The molecule has 1 unspecified atom stereocenters. The summed E-state index contributed by atoms with van der Waals surface area (Å²) in [7, 11) is -1.63. The minimum Gasteiger partial charge on any atom is -0.352 e. The van der Waals surface area contributed by atoms with Crippen LogP contribution in [0.1, 0.15) is 69.4 Å². The van der Waals surface area contributed by atoms with Gasteiger partial charge in [0.2, 0.25) is 5.91 Å². The number of fused-ring (bicyclic) bond motifs is 3. The lowest BCUT2D eigenvalue weighted by Gasteiger charge is -2.37. The summed E-state index contributed by atoms with van der Waals surface area (Å²) in [5.41, 5.74) is 6.87. The summed E-state index contributed by atoms with van der Waals surface area (Å²) in [4.78, 5) is 45.9. The summed E-state index contributed by atoms with van der Waals surface area (Å²) in [5.74, 6) is -0.264. The molecular formula is C35H45N6O7P. The number of aryl methyl sites for hydroxylation is 1. The van der Waals surface area contributed by atoms with Gasteiger partial charge in [0, 0.05) is 42.7 Å². The van der Waals surface area contributed by atoms with Gasteiger partial charge in [-0.1, -0.05) is 48.5 Å². The number of H-pyrrole nitrogens is 1. The van der Waals surface area contributed by atoms with Crippen LogP contribution in [-0.4, -0.2) is 70.7 Å².